The molecule has 0 aliphatic carbocycles. The average molecular weight is 704 g/mol. The largest absolute Gasteiger partial charge is 0.505 e. The van der Waals surface area contributed by atoms with E-state index < -0.39 is 69.3 Å². The smallest absolute Gasteiger partial charge is 0.397 e. The van der Waals surface area contributed by atoms with Crippen molar-refractivity contribution < 1.29 is 63.1 Å². The SMILES string of the molecule is CC(=O)Nc1ccc2c(O)c(/N=N/c3ccc4cccc(S(=O)(=O)CCOS(=O)(=O)O)c4c3S(=O)(=O)O)c(SOOO)cc2c1. The first-order valence-electron chi connectivity index (χ1n) is 12.0. The number of phenolic OH excluding ortho intramolecular Hbond substituents is 1. The Bertz CT molecular complexity index is 2170. The number of rotatable bonds is 12. The average Bonchev–Trinajstić information content (AvgIpc) is 2.93. The van der Waals surface area contributed by atoms with Gasteiger partial charge in [0, 0.05) is 23.4 Å². The number of aromatic hydroxyl groups is 1. The van der Waals surface area contributed by atoms with Crippen LogP contribution in [0.5, 0.6) is 5.75 Å². The predicted molar refractivity (Wildman–Crippen MR) is 158 cm³/mol. The van der Waals surface area contributed by atoms with Crippen molar-refractivity contribution in [2.75, 3.05) is 17.7 Å². The lowest BCUT2D eigenvalue weighted by Gasteiger charge is -2.13. The molecule has 4 rings (SSSR count). The topological polar surface area (TPSA) is 265 Å². The van der Waals surface area contributed by atoms with E-state index in [1.165, 1.54) is 49.4 Å². The molecule has 4 aromatic rings. The minimum absolute atomic E-state index is 0.0200. The van der Waals surface area contributed by atoms with Gasteiger partial charge in [0.25, 0.3) is 10.1 Å². The van der Waals surface area contributed by atoms with E-state index in [1.807, 2.05) is 0 Å². The molecule has 1 amide bonds. The number of hydrogen-bond acceptors (Lipinski definition) is 15. The summed E-state index contributed by atoms with van der Waals surface area (Å²) < 4.78 is 101. The van der Waals surface area contributed by atoms with Crippen molar-refractivity contribution in [1.82, 2.24) is 0 Å². The number of amides is 1. The molecule has 0 radical (unpaired) electrons. The quantitative estimate of drug-likeness (QED) is 0.0451. The van der Waals surface area contributed by atoms with Gasteiger partial charge in [-0.3, -0.25) is 13.9 Å². The van der Waals surface area contributed by atoms with E-state index in [0.29, 0.717) is 23.1 Å². The van der Waals surface area contributed by atoms with Crippen LogP contribution in [0.25, 0.3) is 21.5 Å². The van der Waals surface area contributed by atoms with Gasteiger partial charge in [-0.05, 0) is 47.2 Å². The predicted octanol–water partition coefficient (Wildman–Crippen LogP) is 4.34. The second-order valence-electron chi connectivity index (χ2n) is 8.93. The highest BCUT2D eigenvalue weighted by Crippen LogP contribution is 2.45. The number of azo groups is 1. The molecule has 0 saturated heterocycles. The molecule has 0 unspecified atom stereocenters. The number of hydrogen-bond donors (Lipinski definition) is 5. The first kappa shape index (κ1) is 34.1. The molecule has 4 aromatic carbocycles. The monoisotopic (exact) mass is 703 g/mol. The van der Waals surface area contributed by atoms with Gasteiger partial charge < -0.3 is 10.4 Å². The van der Waals surface area contributed by atoms with E-state index >= 15 is 0 Å². The summed E-state index contributed by atoms with van der Waals surface area (Å²) in [5.74, 6) is -1.88. The van der Waals surface area contributed by atoms with Crippen molar-refractivity contribution in [2.45, 2.75) is 21.6 Å². The number of anilines is 1. The van der Waals surface area contributed by atoms with Crippen LogP contribution in [-0.2, 0) is 48.7 Å². The number of carbonyl (C=O) groups excluding carboxylic acids is 1. The Hall–Kier alpha value is -3.77. The second kappa shape index (κ2) is 13.3. The molecule has 0 aromatic heterocycles. The normalized spacial score (nSPS) is 12.7. The van der Waals surface area contributed by atoms with Crippen molar-refractivity contribution in [2.24, 2.45) is 10.2 Å². The molecule has 0 aliphatic heterocycles. The maximum absolute atomic E-state index is 13.1. The summed E-state index contributed by atoms with van der Waals surface area (Å²) in [6, 6.07) is 11.8. The number of sulfone groups is 1. The summed E-state index contributed by atoms with van der Waals surface area (Å²) in [4.78, 5) is 9.79. The zero-order chi connectivity index (χ0) is 33.2. The van der Waals surface area contributed by atoms with Gasteiger partial charge in [-0.25, -0.2) is 17.9 Å². The minimum Gasteiger partial charge on any atom is -0.505 e. The van der Waals surface area contributed by atoms with Gasteiger partial charge in [-0.2, -0.15) is 16.8 Å². The Morgan fingerprint density at radius 1 is 0.956 bits per heavy atom. The van der Waals surface area contributed by atoms with Gasteiger partial charge in [0.2, 0.25) is 5.91 Å². The van der Waals surface area contributed by atoms with Crippen molar-refractivity contribution >= 4 is 86.9 Å². The summed E-state index contributed by atoms with van der Waals surface area (Å²) in [7, 11) is -14.7. The van der Waals surface area contributed by atoms with Crippen LogP contribution in [0.3, 0.4) is 0 Å². The summed E-state index contributed by atoms with van der Waals surface area (Å²) >= 11 is 0.366. The van der Waals surface area contributed by atoms with Crippen LogP contribution in [0.1, 0.15) is 6.92 Å². The highest BCUT2D eigenvalue weighted by atomic mass is 32.3. The van der Waals surface area contributed by atoms with E-state index in [-0.39, 0.29) is 27.3 Å². The molecule has 0 fully saturated rings. The fourth-order valence-electron chi connectivity index (χ4n) is 4.21. The number of nitrogens with zero attached hydrogens (tertiary/aromatic N) is 2. The maximum atomic E-state index is 13.1. The molecule has 17 nitrogen and oxygen atoms in total. The Morgan fingerprint density at radius 2 is 1.69 bits per heavy atom. The van der Waals surface area contributed by atoms with Gasteiger partial charge >= 0.3 is 10.4 Å². The van der Waals surface area contributed by atoms with E-state index in [1.54, 1.807) is 0 Å². The molecule has 45 heavy (non-hydrogen) atoms. The maximum Gasteiger partial charge on any atom is 0.397 e. The molecule has 0 heterocycles. The zero-order valence-electron chi connectivity index (χ0n) is 22.5. The van der Waals surface area contributed by atoms with E-state index in [2.05, 4.69) is 29.1 Å². The van der Waals surface area contributed by atoms with Crippen LogP contribution in [0.2, 0.25) is 0 Å². The summed E-state index contributed by atoms with van der Waals surface area (Å²) in [5.41, 5.74) is -0.526. The first-order valence-corrected chi connectivity index (χ1v) is 17.2. The molecule has 21 heteroatoms. The fraction of sp³-hybridized carbons (Fsp3) is 0.125. The number of nitrogens with one attached hydrogen (secondary N) is 1. The third kappa shape index (κ3) is 8.09. The third-order valence-electron chi connectivity index (χ3n) is 5.90. The molecule has 0 aliphatic rings. The zero-order valence-corrected chi connectivity index (χ0v) is 25.8. The molecule has 0 spiro atoms. The Balaban J connectivity index is 1.90. The van der Waals surface area contributed by atoms with E-state index in [9.17, 15) is 39.7 Å². The van der Waals surface area contributed by atoms with Crippen molar-refractivity contribution in [3.8, 4) is 5.75 Å². The molecule has 0 bridgehead atoms. The van der Waals surface area contributed by atoms with Gasteiger partial charge in [-0.1, -0.05) is 23.2 Å². The molecular weight excluding hydrogens is 683 g/mol. The summed E-state index contributed by atoms with van der Waals surface area (Å²) in [6.45, 7) is 0.287. The summed E-state index contributed by atoms with van der Waals surface area (Å²) in [5, 5.41) is 33.8. The van der Waals surface area contributed by atoms with E-state index in [0.717, 1.165) is 12.1 Å². The standard InChI is InChI=1S/C24H21N3O14S4/c1-13(28)25-16-6-7-17-15(11-16)12-19(42-41-40-30)22(23(17)29)27-26-18-8-5-14-3-2-4-20(21(14)24(18)44(33,34)35)43(31,32)10-9-39-45(36,37)38/h2-8,11-12,29-30H,9-10H2,1H3,(H,25,28)(H,33,34,35)(H,36,37,38)/b27-26+. The molecule has 0 atom stereocenters. The van der Waals surface area contributed by atoms with Crippen LogP contribution < -0.4 is 5.32 Å². The third-order valence-corrected chi connectivity index (χ3v) is 9.63. The van der Waals surface area contributed by atoms with Crippen molar-refractivity contribution in [1.29, 1.82) is 0 Å². The number of fused-ring (bicyclic) bond motifs is 2. The second-order valence-corrected chi connectivity index (χ2v) is 14.2. The Kier molecular flexibility index (Phi) is 10.1. The van der Waals surface area contributed by atoms with Gasteiger partial charge in [0.15, 0.2) is 15.6 Å². The number of carbonyl (C=O) groups is 1. The van der Waals surface area contributed by atoms with Gasteiger partial charge in [0.1, 0.15) is 16.3 Å². The lowest BCUT2D eigenvalue weighted by molar-refractivity contribution is -0.432. The highest BCUT2D eigenvalue weighted by Gasteiger charge is 2.27. The Labute approximate surface area is 259 Å². The van der Waals surface area contributed by atoms with Crippen molar-refractivity contribution in [3.05, 3.63) is 54.6 Å². The number of phenols is 1. The highest BCUT2D eigenvalue weighted by molar-refractivity contribution is 7.94. The van der Waals surface area contributed by atoms with Gasteiger partial charge in [0.05, 0.1) is 34.2 Å². The lowest BCUT2D eigenvalue weighted by Crippen LogP contribution is -2.16. The van der Waals surface area contributed by atoms with Crippen LogP contribution in [0.4, 0.5) is 17.1 Å². The van der Waals surface area contributed by atoms with Crippen LogP contribution in [0.15, 0.2) is 79.5 Å². The molecule has 5 N–H and O–H groups in total. The molecular formula is C24H21N3O14S4. The molecule has 240 valence electrons. The fourth-order valence-corrected chi connectivity index (χ4v) is 7.37. The number of benzene rings is 4. The van der Waals surface area contributed by atoms with Crippen LogP contribution in [0, 0.1) is 0 Å². The Morgan fingerprint density at radius 3 is 2.33 bits per heavy atom. The van der Waals surface area contributed by atoms with Crippen LogP contribution >= 0.6 is 12.0 Å². The van der Waals surface area contributed by atoms with Crippen LogP contribution in [-0.4, -0.2) is 63.0 Å². The lowest BCUT2D eigenvalue weighted by atomic mass is 10.1. The minimum atomic E-state index is -5.24. The first-order chi connectivity index (χ1) is 21.0. The summed E-state index contributed by atoms with van der Waals surface area (Å²) in [6.07, 6.45) is 0. The molecule has 0 saturated carbocycles. The van der Waals surface area contributed by atoms with Gasteiger partial charge in [-0.15, -0.1) is 14.6 Å². The van der Waals surface area contributed by atoms with Crippen molar-refractivity contribution in [3.63, 3.8) is 0 Å². The van der Waals surface area contributed by atoms with E-state index in [4.69, 9.17) is 9.81 Å².